The minimum Gasteiger partial charge on any atom is -0.457 e. The Hall–Kier alpha value is -7.37. The van der Waals surface area contributed by atoms with Crippen LogP contribution in [0, 0.1) is 0 Å². The second-order valence-corrected chi connectivity index (χ2v) is 24.6. The van der Waals surface area contributed by atoms with E-state index in [0.29, 0.717) is 18.5 Å². The van der Waals surface area contributed by atoms with Crippen LogP contribution in [0.5, 0.6) is 11.5 Å². The molecule has 0 atom stereocenters. The van der Waals surface area contributed by atoms with E-state index >= 15 is 0 Å². The summed E-state index contributed by atoms with van der Waals surface area (Å²) in [5.74, 6) is 3.09. The van der Waals surface area contributed by atoms with Crippen molar-refractivity contribution in [1.29, 1.82) is 0 Å². The lowest BCUT2D eigenvalue weighted by molar-refractivity contribution is 0.480. The Morgan fingerprint density at radius 2 is 1.07 bits per heavy atom. The van der Waals surface area contributed by atoms with Gasteiger partial charge in [0.15, 0.2) is 0 Å². The summed E-state index contributed by atoms with van der Waals surface area (Å²) in [7, 11) is 0. The molecule has 0 N–H and O–H groups in total. The van der Waals surface area contributed by atoms with Crippen LogP contribution < -0.4 is 14.5 Å². The SMILES string of the molecule is CC(C)c1cccc(C(C)C)c1C1=CN(c2cc(C(C)(C)c3ccccc3)cc(C(C)(C)c3ccccc3)c2)CN1c1cccc(Oc2cc(C(C)(C)C)c3c4ccccc4n(-c4cc(C(C)(C)C)ccn4)c3c2)c1. The molecule has 75 heavy (non-hydrogen) atoms. The monoisotopic (exact) mass is 989 g/mol. The first-order chi connectivity index (χ1) is 35.6. The van der Waals surface area contributed by atoms with E-state index in [1.807, 2.05) is 6.20 Å². The summed E-state index contributed by atoms with van der Waals surface area (Å²) >= 11 is 0. The molecule has 0 saturated carbocycles. The van der Waals surface area contributed by atoms with Crippen molar-refractivity contribution in [2.75, 3.05) is 16.5 Å². The third-order valence-corrected chi connectivity index (χ3v) is 15.9. The van der Waals surface area contributed by atoms with Crippen LogP contribution in [0.1, 0.15) is 159 Å². The second-order valence-electron chi connectivity index (χ2n) is 24.6. The summed E-state index contributed by atoms with van der Waals surface area (Å²) in [5.41, 5.74) is 16.5. The summed E-state index contributed by atoms with van der Waals surface area (Å²) in [6.07, 6.45) is 4.37. The molecule has 0 unspecified atom stereocenters. The van der Waals surface area contributed by atoms with Crippen LogP contribution in [-0.4, -0.2) is 16.2 Å². The standard InChI is InChI=1S/C70H76N4O/c1-46(2)57-32-24-33-58(47(3)4)65(57)63-44-72(54-38-51(69(11,12)48-25-17-15-18-26-48)37-52(39-54)70(13,14)49-27-19-16-20-28-49)45-73(63)53-29-23-30-55(41-53)75-56-42-60(68(8,9)10)66-59-31-21-22-34-61(59)74(62(66)43-56)64-40-50(35-36-71-64)67(5,6)7/h15-44,46-47H,45H2,1-14H3. The number of hydrogen-bond acceptors (Lipinski definition) is 4. The Labute approximate surface area is 447 Å². The lowest BCUT2D eigenvalue weighted by atomic mass is 9.73. The first-order valence-corrected chi connectivity index (χ1v) is 27.1. The molecule has 0 spiro atoms. The topological polar surface area (TPSA) is 33.5 Å². The molecule has 0 amide bonds. The third-order valence-electron chi connectivity index (χ3n) is 15.9. The van der Waals surface area contributed by atoms with E-state index in [1.54, 1.807) is 0 Å². The van der Waals surface area contributed by atoms with Crippen LogP contribution in [0.2, 0.25) is 0 Å². The van der Waals surface area contributed by atoms with Gasteiger partial charge in [0.25, 0.3) is 0 Å². The molecule has 0 radical (unpaired) electrons. The molecular formula is C70H76N4O. The summed E-state index contributed by atoms with van der Waals surface area (Å²) in [5, 5.41) is 2.43. The fourth-order valence-corrected chi connectivity index (χ4v) is 11.3. The number of aromatic nitrogens is 2. The van der Waals surface area contributed by atoms with Gasteiger partial charge in [-0.3, -0.25) is 4.57 Å². The Balaban J connectivity index is 1.12. The summed E-state index contributed by atoms with van der Waals surface area (Å²) in [4.78, 5) is 10.0. The highest BCUT2D eigenvalue weighted by Gasteiger charge is 2.34. The number of rotatable bonds is 12. The largest absolute Gasteiger partial charge is 0.457 e. The molecule has 1 aliphatic heterocycles. The average Bonchev–Trinajstić information content (AvgIpc) is 3.99. The fourth-order valence-electron chi connectivity index (χ4n) is 11.3. The van der Waals surface area contributed by atoms with Crippen molar-refractivity contribution in [3.05, 3.63) is 232 Å². The minimum absolute atomic E-state index is 0.0352. The Morgan fingerprint density at radius 3 is 1.65 bits per heavy atom. The molecule has 0 fully saturated rings. The molecule has 1 aliphatic rings. The highest BCUT2D eigenvalue weighted by molar-refractivity contribution is 6.11. The number of fused-ring (bicyclic) bond motifs is 3. The van der Waals surface area contributed by atoms with E-state index < -0.39 is 0 Å². The van der Waals surface area contributed by atoms with Crippen molar-refractivity contribution in [3.8, 4) is 17.3 Å². The lowest BCUT2D eigenvalue weighted by Gasteiger charge is -2.33. The normalized spacial score (nSPS) is 13.7. The fraction of sp³-hybridized carbons (Fsp3) is 0.300. The zero-order valence-electron chi connectivity index (χ0n) is 46.9. The number of ether oxygens (including phenoxy) is 1. The number of benzene rings is 7. The minimum atomic E-state index is -0.261. The van der Waals surface area contributed by atoms with Gasteiger partial charge in [0, 0.05) is 63.1 Å². The van der Waals surface area contributed by atoms with Gasteiger partial charge < -0.3 is 14.5 Å². The van der Waals surface area contributed by atoms with E-state index in [4.69, 9.17) is 9.72 Å². The van der Waals surface area contributed by atoms with Gasteiger partial charge >= 0.3 is 0 Å². The molecular weight excluding hydrogens is 913 g/mol. The Bertz CT molecular complexity index is 3480. The van der Waals surface area contributed by atoms with Crippen molar-refractivity contribution in [2.24, 2.45) is 0 Å². The molecule has 3 heterocycles. The number of pyridine rings is 1. The molecule has 382 valence electrons. The molecule has 5 nitrogen and oxygen atoms in total. The quantitative estimate of drug-likeness (QED) is 0.122. The summed E-state index contributed by atoms with van der Waals surface area (Å²) < 4.78 is 9.49. The molecule has 2 aromatic heterocycles. The van der Waals surface area contributed by atoms with E-state index in [1.165, 1.54) is 66.5 Å². The van der Waals surface area contributed by atoms with Crippen LogP contribution in [-0.2, 0) is 21.7 Å². The maximum Gasteiger partial charge on any atom is 0.137 e. The van der Waals surface area contributed by atoms with Gasteiger partial charge in [0.05, 0.1) is 23.4 Å². The van der Waals surface area contributed by atoms with E-state index in [-0.39, 0.29) is 21.7 Å². The maximum atomic E-state index is 7.16. The summed E-state index contributed by atoms with van der Waals surface area (Å²) in [6, 6.07) is 62.5. The molecule has 10 rings (SSSR count). The van der Waals surface area contributed by atoms with E-state index in [2.05, 4.69) is 287 Å². The number of hydrogen-bond donors (Lipinski definition) is 0. The van der Waals surface area contributed by atoms with Crippen molar-refractivity contribution >= 4 is 38.9 Å². The lowest BCUT2D eigenvalue weighted by Crippen LogP contribution is -2.28. The molecule has 0 bridgehead atoms. The molecule has 0 saturated heterocycles. The molecule has 0 aliphatic carbocycles. The first-order valence-electron chi connectivity index (χ1n) is 27.1. The van der Waals surface area contributed by atoms with Crippen molar-refractivity contribution in [3.63, 3.8) is 0 Å². The van der Waals surface area contributed by atoms with Gasteiger partial charge in [0.2, 0.25) is 0 Å². The Kier molecular flexibility index (Phi) is 13.2. The molecule has 7 aromatic carbocycles. The zero-order valence-corrected chi connectivity index (χ0v) is 46.9. The Morgan fingerprint density at radius 1 is 0.480 bits per heavy atom. The second kappa shape index (κ2) is 19.4. The van der Waals surface area contributed by atoms with Crippen LogP contribution in [0.3, 0.4) is 0 Å². The zero-order chi connectivity index (χ0) is 53.2. The molecule has 9 aromatic rings. The van der Waals surface area contributed by atoms with Gasteiger partial charge in [-0.15, -0.1) is 0 Å². The number of anilines is 2. The highest BCUT2D eigenvalue weighted by Crippen LogP contribution is 2.46. The van der Waals surface area contributed by atoms with Gasteiger partial charge in [-0.25, -0.2) is 4.98 Å². The van der Waals surface area contributed by atoms with Crippen LogP contribution in [0.15, 0.2) is 182 Å². The first kappa shape index (κ1) is 51.1. The van der Waals surface area contributed by atoms with Gasteiger partial charge in [-0.1, -0.05) is 206 Å². The predicted molar refractivity (Wildman–Crippen MR) is 318 cm³/mol. The van der Waals surface area contributed by atoms with Crippen LogP contribution in [0.4, 0.5) is 11.4 Å². The van der Waals surface area contributed by atoms with Crippen molar-refractivity contribution < 1.29 is 4.74 Å². The van der Waals surface area contributed by atoms with E-state index in [9.17, 15) is 0 Å². The van der Waals surface area contributed by atoms with Crippen molar-refractivity contribution in [1.82, 2.24) is 9.55 Å². The number of nitrogens with zero attached hydrogens (tertiary/aromatic N) is 4. The third kappa shape index (κ3) is 9.67. The maximum absolute atomic E-state index is 7.16. The predicted octanol–water partition coefficient (Wildman–Crippen LogP) is 18.7. The number of para-hydroxylation sites is 1. The smallest absolute Gasteiger partial charge is 0.137 e. The van der Waals surface area contributed by atoms with Crippen LogP contribution in [0.25, 0.3) is 33.3 Å². The van der Waals surface area contributed by atoms with Gasteiger partial charge in [-0.2, -0.15) is 0 Å². The van der Waals surface area contributed by atoms with E-state index in [0.717, 1.165) is 39.7 Å². The average molecular weight is 989 g/mol. The van der Waals surface area contributed by atoms with Gasteiger partial charge in [-0.05, 0) is 116 Å². The molecule has 5 heteroatoms. The van der Waals surface area contributed by atoms with Crippen molar-refractivity contribution in [2.45, 2.75) is 130 Å². The summed E-state index contributed by atoms with van der Waals surface area (Å²) in [6.45, 7) is 33.0. The van der Waals surface area contributed by atoms with Crippen LogP contribution >= 0.6 is 0 Å². The highest BCUT2D eigenvalue weighted by atomic mass is 16.5. The van der Waals surface area contributed by atoms with Gasteiger partial charge in [0.1, 0.15) is 17.3 Å².